The van der Waals surface area contributed by atoms with E-state index in [4.69, 9.17) is 4.74 Å². The number of methoxy groups -OCH3 is 1. The van der Waals surface area contributed by atoms with Crippen molar-refractivity contribution < 1.29 is 14.4 Å². The van der Waals surface area contributed by atoms with Crippen LogP contribution in [0.25, 0.3) is 11.4 Å². The minimum Gasteiger partial charge on any atom is -0.817 e. The van der Waals surface area contributed by atoms with Gasteiger partial charge in [0.1, 0.15) is 17.1 Å². The summed E-state index contributed by atoms with van der Waals surface area (Å²) in [5.41, 5.74) is 1.56. The highest BCUT2D eigenvalue weighted by atomic mass is 16.5. The van der Waals surface area contributed by atoms with E-state index in [0.717, 1.165) is 11.4 Å². The first-order chi connectivity index (χ1) is 9.78. The van der Waals surface area contributed by atoms with Gasteiger partial charge in [-0.05, 0) is 24.3 Å². The maximum atomic E-state index is 12.0. The second-order valence-corrected chi connectivity index (χ2v) is 4.25. The zero-order valence-electron chi connectivity index (χ0n) is 10.9. The van der Waals surface area contributed by atoms with E-state index in [1.807, 2.05) is 48.5 Å². The van der Waals surface area contributed by atoms with Crippen molar-refractivity contribution in [3.8, 4) is 23.1 Å². The average molecular weight is 267 g/mol. The summed E-state index contributed by atoms with van der Waals surface area (Å²) in [7, 11) is 1.59. The third-order valence-electron chi connectivity index (χ3n) is 2.98. The Kier molecular flexibility index (Phi) is 3.09. The van der Waals surface area contributed by atoms with E-state index in [1.54, 1.807) is 24.2 Å². The number of nitrogens with zero attached hydrogens (tertiary/aromatic N) is 3. The van der Waals surface area contributed by atoms with Crippen LogP contribution in [0.1, 0.15) is 0 Å². The zero-order valence-corrected chi connectivity index (χ0v) is 10.9. The van der Waals surface area contributed by atoms with Crippen molar-refractivity contribution in [2.45, 2.75) is 0 Å². The van der Waals surface area contributed by atoms with Gasteiger partial charge in [-0.2, -0.15) is 0 Å². The van der Waals surface area contributed by atoms with Crippen LogP contribution in [-0.4, -0.2) is 16.9 Å². The smallest absolute Gasteiger partial charge is 0.250 e. The molecule has 0 unspecified atom stereocenters. The molecule has 0 saturated heterocycles. The van der Waals surface area contributed by atoms with Gasteiger partial charge in [-0.15, -0.1) is 0 Å². The normalized spacial score (nSPS) is 10.4. The van der Waals surface area contributed by atoms with Crippen LogP contribution in [0, 0.1) is 0 Å². The molecule has 0 radical (unpaired) electrons. The standard InChI is InChI=1S/C15H13N3O2/c1-20-14-9-5-8-13(10-14)17-11-18(16-15(17)19)12-6-3-2-4-7-12/h2-11H,1H3. The van der Waals surface area contributed by atoms with Crippen molar-refractivity contribution in [3.05, 3.63) is 60.9 Å². The summed E-state index contributed by atoms with van der Waals surface area (Å²) in [6, 6.07) is 16.5. The Hall–Kier alpha value is -2.82. The molecule has 5 nitrogen and oxygen atoms in total. The van der Waals surface area contributed by atoms with E-state index in [0.29, 0.717) is 5.75 Å². The molecule has 0 amide bonds. The van der Waals surface area contributed by atoms with Crippen LogP contribution >= 0.6 is 0 Å². The van der Waals surface area contributed by atoms with Crippen molar-refractivity contribution in [1.82, 2.24) is 9.78 Å². The zero-order chi connectivity index (χ0) is 13.9. The second-order valence-electron chi connectivity index (χ2n) is 4.25. The van der Waals surface area contributed by atoms with Gasteiger partial charge in [0.25, 0.3) is 0 Å². The second kappa shape index (κ2) is 5.05. The minimum absolute atomic E-state index is 0.331. The monoisotopic (exact) mass is 267 g/mol. The number of para-hydroxylation sites is 1. The predicted molar refractivity (Wildman–Crippen MR) is 71.1 cm³/mol. The van der Waals surface area contributed by atoms with E-state index < -0.39 is 0 Å². The summed E-state index contributed by atoms with van der Waals surface area (Å²) in [6.07, 6.45) is 1.66. The lowest BCUT2D eigenvalue weighted by molar-refractivity contribution is -0.651. The fraction of sp³-hybridized carbons (Fsp3) is 0.0667. The molecule has 100 valence electrons. The number of hydrogen-bond acceptors (Lipinski definition) is 3. The first-order valence-corrected chi connectivity index (χ1v) is 6.16. The number of ether oxygens (including phenoxy) is 1. The summed E-state index contributed by atoms with van der Waals surface area (Å²) >= 11 is 0. The molecule has 3 rings (SSSR count). The Balaban J connectivity index is 2.05. The van der Waals surface area contributed by atoms with Crippen molar-refractivity contribution in [3.63, 3.8) is 0 Å². The summed E-state index contributed by atoms with van der Waals surface area (Å²) in [5.74, 6) is 0.696. The van der Waals surface area contributed by atoms with Crippen molar-refractivity contribution in [2.24, 2.45) is 0 Å². The molecule has 0 aliphatic carbocycles. The molecule has 5 heteroatoms. The summed E-state index contributed by atoms with van der Waals surface area (Å²) in [4.78, 5) is 0. The SMILES string of the molecule is COc1cccc(-[n+]2cn(-c3ccccc3)nc2[O-])c1. The maximum absolute atomic E-state index is 12.0. The van der Waals surface area contributed by atoms with Crippen molar-refractivity contribution in [2.75, 3.05) is 7.11 Å². The van der Waals surface area contributed by atoms with Crippen LogP contribution in [0.3, 0.4) is 0 Å². The van der Waals surface area contributed by atoms with Crippen LogP contribution in [0.5, 0.6) is 11.8 Å². The number of benzene rings is 2. The lowest BCUT2D eigenvalue weighted by Crippen LogP contribution is -2.32. The summed E-state index contributed by atoms with van der Waals surface area (Å²) in [5, 5.41) is 16.0. The molecule has 0 spiro atoms. The highest BCUT2D eigenvalue weighted by molar-refractivity contribution is 5.34. The molecule has 3 aromatic rings. The van der Waals surface area contributed by atoms with Crippen LogP contribution < -0.4 is 14.4 Å². The molecule has 0 aliphatic rings. The first kappa shape index (κ1) is 12.2. The Labute approximate surface area is 116 Å². The molecule has 1 heterocycles. The van der Waals surface area contributed by atoms with Gasteiger partial charge in [-0.1, -0.05) is 28.9 Å². The molecule has 0 fully saturated rings. The van der Waals surface area contributed by atoms with Gasteiger partial charge in [0.2, 0.25) is 12.3 Å². The Morgan fingerprint density at radius 1 is 1.10 bits per heavy atom. The first-order valence-electron chi connectivity index (χ1n) is 6.16. The van der Waals surface area contributed by atoms with Gasteiger partial charge in [-0.25, -0.2) is 4.57 Å². The molecule has 1 aromatic heterocycles. The summed E-state index contributed by atoms with van der Waals surface area (Å²) < 4.78 is 8.20. The van der Waals surface area contributed by atoms with E-state index >= 15 is 0 Å². The quantitative estimate of drug-likeness (QED) is 0.671. The number of hydrogen-bond donors (Lipinski definition) is 0. The van der Waals surface area contributed by atoms with Gasteiger partial charge in [0.15, 0.2) is 0 Å². The third kappa shape index (κ3) is 2.21. The van der Waals surface area contributed by atoms with Gasteiger partial charge in [0.05, 0.1) is 7.11 Å². The molecule has 0 N–H and O–H groups in total. The highest BCUT2D eigenvalue weighted by Gasteiger charge is 2.13. The molecule has 20 heavy (non-hydrogen) atoms. The fourth-order valence-electron chi connectivity index (χ4n) is 1.97. The lowest BCUT2D eigenvalue weighted by Gasteiger charge is -2.03. The Morgan fingerprint density at radius 2 is 1.90 bits per heavy atom. The van der Waals surface area contributed by atoms with Gasteiger partial charge >= 0.3 is 0 Å². The van der Waals surface area contributed by atoms with Crippen LogP contribution in [0.4, 0.5) is 0 Å². The molecular weight excluding hydrogens is 254 g/mol. The lowest BCUT2D eigenvalue weighted by atomic mass is 10.3. The number of aromatic nitrogens is 3. The number of rotatable bonds is 3. The van der Waals surface area contributed by atoms with Gasteiger partial charge < -0.3 is 9.84 Å². The van der Waals surface area contributed by atoms with Crippen LogP contribution in [0.2, 0.25) is 0 Å². The fourth-order valence-corrected chi connectivity index (χ4v) is 1.97. The van der Waals surface area contributed by atoms with Crippen molar-refractivity contribution in [1.29, 1.82) is 0 Å². The maximum Gasteiger partial charge on any atom is 0.250 e. The van der Waals surface area contributed by atoms with Crippen LogP contribution in [-0.2, 0) is 0 Å². The van der Waals surface area contributed by atoms with Crippen molar-refractivity contribution >= 4 is 0 Å². The Bertz CT molecular complexity index is 723. The molecule has 0 bridgehead atoms. The molecule has 0 aliphatic heterocycles. The van der Waals surface area contributed by atoms with E-state index in [-0.39, 0.29) is 6.01 Å². The minimum atomic E-state index is -0.331. The third-order valence-corrected chi connectivity index (χ3v) is 2.98. The van der Waals surface area contributed by atoms with Gasteiger partial charge in [-0.3, -0.25) is 0 Å². The summed E-state index contributed by atoms with van der Waals surface area (Å²) in [6.45, 7) is 0. The van der Waals surface area contributed by atoms with Crippen LogP contribution in [0.15, 0.2) is 60.9 Å². The molecule has 0 atom stereocenters. The predicted octanol–water partition coefficient (Wildman–Crippen LogP) is 1.23. The molecule has 2 aromatic carbocycles. The molecule has 0 saturated carbocycles. The Morgan fingerprint density at radius 3 is 2.65 bits per heavy atom. The molecular formula is C15H13N3O2. The topological polar surface area (TPSA) is 54.0 Å². The average Bonchev–Trinajstić information content (AvgIpc) is 2.90. The van der Waals surface area contributed by atoms with E-state index in [2.05, 4.69) is 5.10 Å². The van der Waals surface area contributed by atoms with E-state index in [1.165, 1.54) is 4.57 Å². The van der Waals surface area contributed by atoms with E-state index in [9.17, 15) is 5.11 Å². The largest absolute Gasteiger partial charge is 0.817 e. The highest BCUT2D eigenvalue weighted by Crippen LogP contribution is 2.14. The van der Waals surface area contributed by atoms with Gasteiger partial charge in [0, 0.05) is 11.2 Å².